The number of amides is 6. The van der Waals surface area contributed by atoms with E-state index in [0.29, 0.717) is 48.2 Å². The fraction of sp³-hybridized carbons (Fsp3) is 0.548. The summed E-state index contributed by atoms with van der Waals surface area (Å²) in [7, 11) is 0. The monoisotopic (exact) mass is 734 g/mol. The summed E-state index contributed by atoms with van der Waals surface area (Å²) in [5, 5.41) is 22.9. The van der Waals surface area contributed by atoms with Crippen molar-refractivity contribution in [3.8, 4) is 0 Å². The largest absolute Gasteiger partial charge is 0.534 e. The van der Waals surface area contributed by atoms with Gasteiger partial charge in [0.15, 0.2) is 0 Å². The molecule has 0 radical (unpaired) electrons. The van der Waals surface area contributed by atoms with Crippen molar-refractivity contribution in [2.75, 3.05) is 45.7 Å². The molecular weight excluding hydrogens is 682 g/mol. The highest BCUT2D eigenvalue weighted by molar-refractivity contribution is 7.79. The summed E-state index contributed by atoms with van der Waals surface area (Å²) in [6.45, 7) is 16.2. The first-order valence-corrected chi connectivity index (χ1v) is 15.9. The van der Waals surface area contributed by atoms with Crippen molar-refractivity contribution < 1.29 is 63.0 Å². The smallest absolute Gasteiger partial charge is 0.428 e. The molecule has 2 fully saturated rings. The van der Waals surface area contributed by atoms with Gasteiger partial charge in [-0.1, -0.05) is 35.9 Å². The number of nitrogens with two attached hydrogens (primary N) is 1. The molecule has 6 N–H and O–H groups in total. The van der Waals surface area contributed by atoms with Crippen LogP contribution in [0.15, 0.2) is 36.5 Å². The predicted molar refractivity (Wildman–Crippen MR) is 183 cm³/mol. The molecule has 2 rings (SSSR count). The SMILES string of the molecule is C=C(CCNC(C)=O)COC(=O)ON1C(=O)CCC1=O.C=C(CO)CCN.C=C(CO)CCNC(C)=O.CC(=O)ON1C(=O)CCC1=O.[2H]SC. The summed E-state index contributed by atoms with van der Waals surface area (Å²) in [6.07, 6.45) is 2.69. The van der Waals surface area contributed by atoms with Gasteiger partial charge in [-0.15, -0.1) is 5.06 Å². The van der Waals surface area contributed by atoms with Crippen LogP contribution in [0.3, 0.4) is 0 Å². The molecule has 0 aromatic heterocycles. The van der Waals surface area contributed by atoms with Gasteiger partial charge in [-0.05, 0) is 37.6 Å². The fourth-order valence-corrected chi connectivity index (χ4v) is 2.97. The van der Waals surface area contributed by atoms with E-state index in [1.165, 1.54) is 13.8 Å². The lowest BCUT2D eigenvalue weighted by atomic mass is 10.2. The maximum absolute atomic E-state index is 11.3. The van der Waals surface area contributed by atoms with Gasteiger partial charge in [0.05, 0.1) is 13.2 Å². The minimum Gasteiger partial charge on any atom is -0.428 e. The summed E-state index contributed by atoms with van der Waals surface area (Å²) in [4.78, 5) is 95.2. The summed E-state index contributed by atoms with van der Waals surface area (Å²) >= 11 is 1.000. The van der Waals surface area contributed by atoms with Crippen LogP contribution in [0.25, 0.3) is 0 Å². The molecule has 0 aromatic rings. The van der Waals surface area contributed by atoms with Crippen molar-refractivity contribution in [1.82, 2.24) is 20.8 Å². The van der Waals surface area contributed by atoms with Gasteiger partial charge in [0.2, 0.25) is 11.8 Å². The second-order valence-electron chi connectivity index (χ2n) is 9.95. The number of nitrogens with one attached hydrogen (secondary N) is 2. The van der Waals surface area contributed by atoms with Crippen molar-refractivity contribution in [2.24, 2.45) is 5.73 Å². The Kier molecular flexibility index (Phi) is 29.0. The van der Waals surface area contributed by atoms with Gasteiger partial charge < -0.3 is 36.2 Å². The third-order valence-electron chi connectivity index (χ3n) is 5.44. The number of hydrogen-bond donors (Lipinski definition) is 6. The molecule has 0 spiro atoms. The summed E-state index contributed by atoms with van der Waals surface area (Å²) < 4.78 is 10.8. The Morgan fingerprint density at radius 3 is 1.44 bits per heavy atom. The summed E-state index contributed by atoms with van der Waals surface area (Å²) in [5.74, 6) is -2.92. The van der Waals surface area contributed by atoms with Crippen LogP contribution < -0.4 is 16.4 Å². The molecule has 0 atom stereocenters. The van der Waals surface area contributed by atoms with E-state index in [2.05, 4.69) is 40.0 Å². The second-order valence-corrected chi connectivity index (χ2v) is 9.95. The zero-order valence-electron chi connectivity index (χ0n) is 30.1. The molecule has 2 aliphatic heterocycles. The van der Waals surface area contributed by atoms with Crippen LogP contribution in [0.1, 0.15) is 65.7 Å². The average molecular weight is 735 g/mol. The Morgan fingerprint density at radius 2 is 1.12 bits per heavy atom. The number of imide groups is 2. The van der Waals surface area contributed by atoms with Crippen LogP contribution in [0.2, 0.25) is 0 Å². The molecule has 0 aliphatic carbocycles. The molecule has 2 saturated heterocycles. The van der Waals surface area contributed by atoms with Crippen LogP contribution in [-0.2, 0) is 48.0 Å². The number of hydroxylamine groups is 4. The van der Waals surface area contributed by atoms with E-state index < -0.39 is 35.8 Å². The number of aliphatic hydroxyl groups excluding tert-OH is 2. The van der Waals surface area contributed by atoms with Crippen molar-refractivity contribution in [3.05, 3.63) is 36.5 Å². The number of carbonyl (C=O) groups is 8. The third-order valence-corrected chi connectivity index (χ3v) is 5.44. The molecule has 19 heteroatoms. The van der Waals surface area contributed by atoms with E-state index in [-0.39, 0.29) is 57.3 Å². The van der Waals surface area contributed by atoms with Gasteiger partial charge in [0.1, 0.15) is 7.73 Å². The Bertz CT molecular complexity index is 1180. The van der Waals surface area contributed by atoms with E-state index >= 15 is 0 Å². The predicted octanol–water partition coefficient (Wildman–Crippen LogP) is 0.390. The number of rotatable bonds is 14. The molecule has 2 heterocycles. The highest BCUT2D eigenvalue weighted by atomic mass is 32.1. The van der Waals surface area contributed by atoms with Crippen molar-refractivity contribution in [2.45, 2.75) is 65.7 Å². The number of carbonyl (C=O) groups excluding carboxylic acids is 8. The van der Waals surface area contributed by atoms with Gasteiger partial charge in [-0.3, -0.25) is 33.6 Å². The van der Waals surface area contributed by atoms with Gasteiger partial charge in [-0.25, -0.2) is 9.59 Å². The molecule has 0 saturated carbocycles. The van der Waals surface area contributed by atoms with Gasteiger partial charge >= 0.3 is 12.1 Å². The molecule has 0 bridgehead atoms. The fourth-order valence-electron chi connectivity index (χ4n) is 2.97. The second kappa shape index (κ2) is 30.5. The Morgan fingerprint density at radius 1 is 0.760 bits per heavy atom. The van der Waals surface area contributed by atoms with E-state index in [1.54, 1.807) is 6.26 Å². The zero-order valence-corrected chi connectivity index (χ0v) is 29.9. The third kappa shape index (κ3) is 27.4. The molecule has 2 aliphatic rings. The Labute approximate surface area is 298 Å². The highest BCUT2D eigenvalue weighted by Gasteiger charge is 2.33. The van der Waals surface area contributed by atoms with Crippen LogP contribution in [0, 0.1) is 0 Å². The van der Waals surface area contributed by atoms with Crippen LogP contribution in [-0.4, -0.2) is 115 Å². The van der Waals surface area contributed by atoms with E-state index in [0.717, 1.165) is 37.0 Å². The van der Waals surface area contributed by atoms with Crippen molar-refractivity contribution >= 4 is 60.1 Å². The minimum absolute atomic E-state index is 0.000412. The first-order chi connectivity index (χ1) is 23.9. The van der Waals surface area contributed by atoms with E-state index in [4.69, 9.17) is 21.8 Å². The van der Waals surface area contributed by atoms with E-state index in [1.807, 2.05) is 0 Å². The van der Waals surface area contributed by atoms with Gasteiger partial charge in [0.25, 0.3) is 23.6 Å². The summed E-state index contributed by atoms with van der Waals surface area (Å²) in [6, 6.07) is 0. The topological polar surface area (TPSA) is 261 Å². The first-order valence-electron chi connectivity index (χ1n) is 15.5. The Balaban J connectivity index is -0.000000632. The molecule has 0 aromatic carbocycles. The average Bonchev–Trinajstić information content (AvgIpc) is 3.54. The maximum atomic E-state index is 11.3. The number of ether oxygens (including phenoxy) is 1. The van der Waals surface area contributed by atoms with Gasteiger partial charge in [-0.2, -0.15) is 12.5 Å². The van der Waals surface area contributed by atoms with Crippen LogP contribution in [0.5, 0.6) is 0 Å². The number of aliphatic hydroxyl groups is 2. The van der Waals surface area contributed by atoms with E-state index in [9.17, 15) is 38.4 Å². The lowest BCUT2D eigenvalue weighted by Crippen LogP contribution is -2.32. The normalized spacial score (nSPS) is 12.9. The summed E-state index contributed by atoms with van der Waals surface area (Å²) in [5.41, 5.74) is 7.25. The molecular formula is C31H51N5O13S. The van der Waals surface area contributed by atoms with Crippen LogP contribution in [0.4, 0.5) is 4.79 Å². The molecule has 18 nitrogen and oxygen atoms in total. The van der Waals surface area contributed by atoms with Crippen molar-refractivity contribution in [3.63, 3.8) is 0 Å². The zero-order chi connectivity index (χ0) is 39.9. The molecule has 284 valence electrons. The molecule has 50 heavy (non-hydrogen) atoms. The quantitative estimate of drug-likeness (QED) is 0.0611. The number of nitrogens with zero attached hydrogens (tertiary/aromatic N) is 2. The molecule has 0 unspecified atom stereocenters. The van der Waals surface area contributed by atoms with Crippen molar-refractivity contribution in [1.29, 1.82) is 1.12 Å². The maximum Gasteiger partial charge on any atom is 0.534 e. The first kappa shape index (κ1) is 47.5. The lowest BCUT2D eigenvalue weighted by molar-refractivity contribution is -0.195. The van der Waals surface area contributed by atoms with Gasteiger partial charge in [0, 0.05) is 59.5 Å². The standard InChI is InChI=1S/C12H16N2O6.C7H13NO2.C6H7NO4.C5H11NO.CH4S/c1-8(5-6-13-9(2)15)7-19-12(18)20-14-10(16)3-4-11(14)17;1-6(5-9)3-4-8-7(2)10;1-4(8)11-7-5(9)2-3-6(7)10;1-5(4-7)2-3-6;1-2/h1,3-7H2,2H3,(H,13,15);9H,1,3-5H2,2H3,(H,8,10);2-3H2,1H3;7H,1-4,6H2;2H,1H3/i/hD. The number of thiol groups is 1. The minimum atomic E-state index is -1.14. The molecule has 6 amide bonds. The number of hydrogen-bond acceptors (Lipinski definition) is 15. The Hall–Kier alpha value is -4.59. The highest BCUT2D eigenvalue weighted by Crippen LogP contribution is 2.13. The lowest BCUT2D eigenvalue weighted by Gasteiger charge is -2.13. The van der Waals surface area contributed by atoms with Crippen LogP contribution >= 0.6 is 12.5 Å².